The van der Waals surface area contributed by atoms with Crippen molar-refractivity contribution in [1.29, 1.82) is 0 Å². The summed E-state index contributed by atoms with van der Waals surface area (Å²) in [6.45, 7) is 1.04. The predicted octanol–water partition coefficient (Wildman–Crippen LogP) is -0.166. The average Bonchev–Trinajstić information content (AvgIpc) is 2.22. The molecular formula is C4H5N3. The summed E-state index contributed by atoms with van der Waals surface area (Å²) in [4.78, 5) is 0. The van der Waals surface area contributed by atoms with E-state index in [1.165, 1.54) is 0 Å². The van der Waals surface area contributed by atoms with Crippen LogP contribution in [0.4, 0.5) is 0 Å². The van der Waals surface area contributed by atoms with Gasteiger partial charge in [0, 0.05) is 19.2 Å². The molecule has 0 spiro atoms. The van der Waals surface area contributed by atoms with E-state index in [0.717, 1.165) is 18.7 Å². The van der Waals surface area contributed by atoms with Gasteiger partial charge in [-0.25, -0.2) is 0 Å². The minimum absolute atomic E-state index is 1.04. The number of fused-ring (bicyclic) bond motifs is 2. The second kappa shape index (κ2) is 0.857. The summed E-state index contributed by atoms with van der Waals surface area (Å²) in [5.41, 5.74) is 1.13. The minimum atomic E-state index is 1.04. The number of hydrogen-bond donors (Lipinski definition) is 0. The maximum absolute atomic E-state index is 3.82. The van der Waals surface area contributed by atoms with Gasteiger partial charge < -0.3 is 0 Å². The van der Waals surface area contributed by atoms with E-state index in [2.05, 4.69) is 10.3 Å². The summed E-state index contributed by atoms with van der Waals surface area (Å²) in [5.74, 6) is 0. The summed E-state index contributed by atoms with van der Waals surface area (Å²) in [7, 11) is 0. The molecule has 0 fully saturated rings. The Bertz CT molecular complexity index is 160. The summed E-state index contributed by atoms with van der Waals surface area (Å²) in [6.07, 6.45) is 3.06. The third-order valence-electron chi connectivity index (χ3n) is 1.18. The first-order valence-electron chi connectivity index (χ1n) is 2.34. The van der Waals surface area contributed by atoms with Crippen LogP contribution in [-0.2, 0) is 13.0 Å². The summed E-state index contributed by atoms with van der Waals surface area (Å²) >= 11 is 0. The van der Waals surface area contributed by atoms with Crippen molar-refractivity contribution in [3.05, 3.63) is 11.9 Å². The molecule has 0 atom stereocenters. The Morgan fingerprint density at radius 2 is 2.71 bits per heavy atom. The Labute approximate surface area is 41.0 Å². The van der Waals surface area contributed by atoms with E-state index in [1.54, 1.807) is 0 Å². The molecular weight excluding hydrogens is 90.1 g/mol. The molecule has 0 aromatic carbocycles. The van der Waals surface area contributed by atoms with Crippen LogP contribution in [-0.4, -0.2) is 15.0 Å². The molecule has 2 heterocycles. The number of aromatic nitrogens is 3. The Balaban J connectivity index is 2.71. The van der Waals surface area contributed by atoms with Crippen LogP contribution in [0, 0.1) is 0 Å². The van der Waals surface area contributed by atoms with Crippen molar-refractivity contribution < 1.29 is 0 Å². The first-order valence-corrected chi connectivity index (χ1v) is 2.34. The van der Waals surface area contributed by atoms with Gasteiger partial charge in [0.2, 0.25) is 0 Å². The van der Waals surface area contributed by atoms with Gasteiger partial charge in [-0.2, -0.15) is 0 Å². The molecule has 0 amide bonds. The smallest absolute Gasteiger partial charge is 0.0845 e. The highest BCUT2D eigenvalue weighted by Crippen LogP contribution is 2.03. The van der Waals surface area contributed by atoms with Gasteiger partial charge in [-0.3, -0.25) is 4.68 Å². The molecule has 0 unspecified atom stereocenters. The maximum Gasteiger partial charge on any atom is 0.0845 e. The van der Waals surface area contributed by atoms with E-state index < -0.39 is 0 Å². The number of hydrogen-bond acceptors (Lipinski definition) is 2. The molecule has 36 valence electrons. The lowest BCUT2D eigenvalue weighted by Crippen LogP contribution is -2.00. The maximum atomic E-state index is 3.82. The van der Waals surface area contributed by atoms with Crippen molar-refractivity contribution in [3.8, 4) is 0 Å². The first kappa shape index (κ1) is 3.18. The lowest BCUT2D eigenvalue weighted by molar-refractivity contribution is 0.576. The fourth-order valence-electron chi connectivity index (χ4n) is 0.791. The van der Waals surface area contributed by atoms with Crippen LogP contribution in [0.1, 0.15) is 5.69 Å². The van der Waals surface area contributed by atoms with Crippen molar-refractivity contribution in [1.82, 2.24) is 15.0 Å². The summed E-state index contributed by atoms with van der Waals surface area (Å²) < 4.78 is 1.86. The third kappa shape index (κ3) is 0.294. The molecule has 2 rings (SSSR count). The Kier molecular flexibility index (Phi) is 0.389. The SMILES string of the molecule is c1c2nnn1CC2. The highest BCUT2D eigenvalue weighted by atomic mass is 15.4. The van der Waals surface area contributed by atoms with Crippen LogP contribution in [0.3, 0.4) is 0 Å². The number of rotatable bonds is 0. The van der Waals surface area contributed by atoms with E-state index in [4.69, 9.17) is 0 Å². The molecule has 1 aromatic rings. The predicted molar refractivity (Wildman–Crippen MR) is 23.7 cm³/mol. The Morgan fingerprint density at radius 3 is 2.86 bits per heavy atom. The van der Waals surface area contributed by atoms with E-state index in [9.17, 15) is 0 Å². The van der Waals surface area contributed by atoms with Gasteiger partial charge in [0.05, 0.1) is 5.69 Å². The zero-order valence-corrected chi connectivity index (χ0v) is 3.83. The van der Waals surface area contributed by atoms with Gasteiger partial charge in [0.15, 0.2) is 0 Å². The first-order chi connectivity index (χ1) is 3.45. The van der Waals surface area contributed by atoms with Crippen molar-refractivity contribution in [2.45, 2.75) is 13.0 Å². The molecule has 1 aromatic heterocycles. The number of nitrogens with zero attached hydrogens (tertiary/aromatic N) is 3. The van der Waals surface area contributed by atoms with Gasteiger partial charge >= 0.3 is 0 Å². The van der Waals surface area contributed by atoms with E-state index in [0.29, 0.717) is 0 Å². The second-order valence-electron chi connectivity index (χ2n) is 1.72. The van der Waals surface area contributed by atoms with Crippen LogP contribution >= 0.6 is 0 Å². The number of aryl methyl sites for hydroxylation is 2. The van der Waals surface area contributed by atoms with Gasteiger partial charge in [-0.15, -0.1) is 5.10 Å². The average molecular weight is 95.1 g/mol. The van der Waals surface area contributed by atoms with Crippen molar-refractivity contribution in [2.75, 3.05) is 0 Å². The van der Waals surface area contributed by atoms with Crippen LogP contribution in [0.15, 0.2) is 6.20 Å². The fraction of sp³-hybridized carbons (Fsp3) is 0.500. The molecule has 3 nitrogen and oxygen atoms in total. The molecule has 0 aliphatic carbocycles. The van der Waals surface area contributed by atoms with E-state index in [1.807, 2.05) is 10.9 Å². The third-order valence-corrected chi connectivity index (χ3v) is 1.18. The highest BCUT2D eigenvalue weighted by Gasteiger charge is 2.06. The topological polar surface area (TPSA) is 30.7 Å². The molecule has 1 aliphatic heterocycles. The van der Waals surface area contributed by atoms with E-state index in [-0.39, 0.29) is 0 Å². The van der Waals surface area contributed by atoms with Crippen molar-refractivity contribution in [2.24, 2.45) is 0 Å². The molecule has 0 N–H and O–H groups in total. The van der Waals surface area contributed by atoms with Crippen molar-refractivity contribution >= 4 is 0 Å². The lowest BCUT2D eigenvalue weighted by Gasteiger charge is -1.89. The monoisotopic (exact) mass is 95.0 g/mol. The molecule has 1 aliphatic rings. The molecule has 0 saturated heterocycles. The van der Waals surface area contributed by atoms with E-state index >= 15 is 0 Å². The molecule has 3 heteroatoms. The van der Waals surface area contributed by atoms with Crippen LogP contribution < -0.4 is 0 Å². The Hall–Kier alpha value is -0.860. The highest BCUT2D eigenvalue weighted by molar-refractivity contribution is 4.97. The largest absolute Gasteiger partial charge is 0.252 e. The normalized spacial score (nSPS) is 15.4. The minimum Gasteiger partial charge on any atom is -0.252 e. The van der Waals surface area contributed by atoms with Crippen LogP contribution in [0.2, 0.25) is 0 Å². The summed E-state index contributed by atoms with van der Waals surface area (Å²) in [5, 5.41) is 7.59. The molecule has 2 bridgehead atoms. The van der Waals surface area contributed by atoms with Gasteiger partial charge in [0.25, 0.3) is 0 Å². The van der Waals surface area contributed by atoms with Gasteiger partial charge in [-0.05, 0) is 0 Å². The van der Waals surface area contributed by atoms with Gasteiger partial charge in [-0.1, -0.05) is 5.21 Å². The second-order valence-corrected chi connectivity index (χ2v) is 1.72. The fourth-order valence-corrected chi connectivity index (χ4v) is 0.791. The Morgan fingerprint density at radius 1 is 1.71 bits per heavy atom. The van der Waals surface area contributed by atoms with Crippen molar-refractivity contribution in [3.63, 3.8) is 0 Å². The molecule has 0 radical (unpaired) electrons. The lowest BCUT2D eigenvalue weighted by atomic mass is 10.4. The standard InChI is InChI=1S/C4H5N3/c1-2-7-3-4(1)5-6-7/h3H,1-2H2. The van der Waals surface area contributed by atoms with Crippen LogP contribution in [0.5, 0.6) is 0 Å². The van der Waals surface area contributed by atoms with Gasteiger partial charge in [0.1, 0.15) is 0 Å². The molecule has 0 saturated carbocycles. The summed E-state index contributed by atoms with van der Waals surface area (Å²) in [6, 6.07) is 0. The van der Waals surface area contributed by atoms with Crippen LogP contribution in [0.25, 0.3) is 0 Å². The quantitative estimate of drug-likeness (QED) is 0.448. The molecule has 7 heavy (non-hydrogen) atoms. The zero-order chi connectivity index (χ0) is 4.69. The zero-order valence-electron chi connectivity index (χ0n) is 3.83.